The normalized spacial score (nSPS) is 25.1. The van der Waals surface area contributed by atoms with Crippen molar-refractivity contribution in [3.05, 3.63) is 34.9 Å². The van der Waals surface area contributed by atoms with Gasteiger partial charge in [-0.25, -0.2) is 12.7 Å². The van der Waals surface area contributed by atoms with E-state index in [2.05, 4.69) is 19.2 Å². The largest absolute Gasteiger partial charge is 0.307 e. The van der Waals surface area contributed by atoms with Gasteiger partial charge in [0.2, 0.25) is 10.0 Å². The van der Waals surface area contributed by atoms with Crippen molar-refractivity contribution < 1.29 is 8.42 Å². The highest BCUT2D eigenvalue weighted by Crippen LogP contribution is 2.25. The number of piperidine rings is 1. The molecule has 0 spiro atoms. The molecule has 1 heterocycles. The summed E-state index contributed by atoms with van der Waals surface area (Å²) in [6.07, 6.45) is 3.12. The molecule has 0 radical (unpaired) electrons. The molecular formula is C16H25ClN2O2S. The smallest absolute Gasteiger partial charge is 0.211 e. The van der Waals surface area contributed by atoms with Crippen molar-refractivity contribution >= 4 is 21.6 Å². The summed E-state index contributed by atoms with van der Waals surface area (Å²) < 4.78 is 25.0. The van der Waals surface area contributed by atoms with Crippen LogP contribution in [-0.4, -0.2) is 38.1 Å². The molecule has 1 aliphatic heterocycles. The maximum atomic E-state index is 11.7. The molecule has 22 heavy (non-hydrogen) atoms. The second-order valence-electron chi connectivity index (χ2n) is 6.12. The van der Waals surface area contributed by atoms with Gasteiger partial charge in [-0.1, -0.05) is 37.1 Å². The Kier molecular flexibility index (Phi) is 5.88. The molecule has 0 aromatic heterocycles. The fourth-order valence-electron chi connectivity index (χ4n) is 3.10. The van der Waals surface area contributed by atoms with Crippen LogP contribution in [0.4, 0.5) is 0 Å². The Morgan fingerprint density at radius 3 is 2.55 bits per heavy atom. The Morgan fingerprint density at radius 2 is 2.00 bits per heavy atom. The topological polar surface area (TPSA) is 49.4 Å². The van der Waals surface area contributed by atoms with Gasteiger partial charge in [-0.15, -0.1) is 0 Å². The van der Waals surface area contributed by atoms with Crippen molar-refractivity contribution in [2.45, 2.75) is 38.8 Å². The van der Waals surface area contributed by atoms with E-state index < -0.39 is 10.0 Å². The quantitative estimate of drug-likeness (QED) is 0.893. The van der Waals surface area contributed by atoms with Gasteiger partial charge in [-0.05, 0) is 37.0 Å². The summed E-state index contributed by atoms with van der Waals surface area (Å²) in [5.74, 6) is 0.346. The van der Waals surface area contributed by atoms with Crippen molar-refractivity contribution in [1.29, 1.82) is 0 Å². The summed E-state index contributed by atoms with van der Waals surface area (Å²) in [7, 11) is -3.09. The molecule has 1 saturated heterocycles. The summed E-state index contributed by atoms with van der Waals surface area (Å²) in [4.78, 5) is 0. The number of sulfonamides is 1. The van der Waals surface area contributed by atoms with Crippen molar-refractivity contribution in [3.8, 4) is 0 Å². The van der Waals surface area contributed by atoms with Crippen LogP contribution in [0.3, 0.4) is 0 Å². The van der Waals surface area contributed by atoms with Crippen LogP contribution in [0.25, 0.3) is 0 Å². The highest BCUT2D eigenvalue weighted by Gasteiger charge is 2.32. The molecule has 1 aromatic carbocycles. The lowest BCUT2D eigenvalue weighted by Crippen LogP contribution is -2.51. The monoisotopic (exact) mass is 344 g/mol. The minimum absolute atomic E-state index is 0.223. The van der Waals surface area contributed by atoms with Gasteiger partial charge >= 0.3 is 0 Å². The average molecular weight is 345 g/mol. The number of hydrogen-bond donors (Lipinski definition) is 1. The van der Waals surface area contributed by atoms with E-state index in [1.807, 2.05) is 24.3 Å². The van der Waals surface area contributed by atoms with Crippen LogP contribution >= 0.6 is 11.6 Å². The Labute approximate surface area is 138 Å². The van der Waals surface area contributed by atoms with E-state index >= 15 is 0 Å². The van der Waals surface area contributed by atoms with Crippen LogP contribution in [0.2, 0.25) is 5.02 Å². The number of halogens is 1. The third kappa shape index (κ3) is 4.44. The van der Waals surface area contributed by atoms with E-state index in [0.717, 1.165) is 17.9 Å². The summed E-state index contributed by atoms with van der Waals surface area (Å²) >= 11 is 5.93. The number of rotatable bonds is 5. The van der Waals surface area contributed by atoms with Crippen LogP contribution in [-0.2, 0) is 10.0 Å². The van der Waals surface area contributed by atoms with Crippen LogP contribution in [0.5, 0.6) is 0 Å². The van der Waals surface area contributed by atoms with Crippen molar-refractivity contribution in [1.82, 2.24) is 9.62 Å². The summed E-state index contributed by atoms with van der Waals surface area (Å²) in [5, 5.41) is 4.40. The molecule has 124 valence electrons. The molecule has 3 atom stereocenters. The first kappa shape index (κ1) is 17.7. The molecule has 0 saturated carbocycles. The predicted octanol–water partition coefficient (Wildman–Crippen LogP) is 3.05. The first-order chi connectivity index (χ1) is 10.3. The number of nitrogens with one attached hydrogen (secondary N) is 1. The Morgan fingerprint density at radius 1 is 1.36 bits per heavy atom. The highest BCUT2D eigenvalue weighted by molar-refractivity contribution is 7.88. The SMILES string of the molecule is CC[C@@H]1CN(S(C)(=O)=O)CC[C@H]1N[C@@H](C)c1ccc(Cl)cc1. The molecule has 2 rings (SSSR count). The van der Waals surface area contributed by atoms with E-state index in [9.17, 15) is 8.42 Å². The fourth-order valence-corrected chi connectivity index (χ4v) is 4.13. The van der Waals surface area contributed by atoms with Gasteiger partial charge in [0, 0.05) is 30.2 Å². The second kappa shape index (κ2) is 7.30. The number of nitrogens with zero attached hydrogens (tertiary/aromatic N) is 1. The standard InChI is InChI=1S/C16H25ClN2O2S/c1-4-13-11-19(22(3,20)21)10-9-16(13)18-12(2)14-5-7-15(17)8-6-14/h5-8,12-13,16,18H,4,9-11H2,1-3H3/t12-,13+,16+/m0/s1. The van der Waals surface area contributed by atoms with Crippen LogP contribution in [0, 0.1) is 5.92 Å². The lowest BCUT2D eigenvalue weighted by molar-refractivity contribution is 0.193. The van der Waals surface area contributed by atoms with E-state index in [4.69, 9.17) is 11.6 Å². The average Bonchev–Trinajstić information content (AvgIpc) is 2.47. The predicted molar refractivity (Wildman–Crippen MR) is 91.6 cm³/mol. The van der Waals surface area contributed by atoms with Crippen molar-refractivity contribution in [2.24, 2.45) is 5.92 Å². The summed E-state index contributed by atoms with van der Waals surface area (Å²) in [6, 6.07) is 8.44. The lowest BCUT2D eigenvalue weighted by Gasteiger charge is -2.38. The molecule has 6 heteroatoms. The van der Waals surface area contributed by atoms with Gasteiger partial charge in [0.05, 0.1) is 6.26 Å². The zero-order valence-electron chi connectivity index (χ0n) is 13.4. The highest BCUT2D eigenvalue weighted by atomic mass is 35.5. The lowest BCUT2D eigenvalue weighted by atomic mass is 9.90. The molecular weight excluding hydrogens is 320 g/mol. The fraction of sp³-hybridized carbons (Fsp3) is 0.625. The Balaban J connectivity index is 2.01. The first-order valence-electron chi connectivity index (χ1n) is 7.78. The van der Waals surface area contributed by atoms with Crippen molar-refractivity contribution in [2.75, 3.05) is 19.3 Å². The van der Waals surface area contributed by atoms with Gasteiger partial charge in [0.25, 0.3) is 0 Å². The Bertz CT molecular complexity index is 589. The van der Waals surface area contributed by atoms with Gasteiger partial charge in [0.1, 0.15) is 0 Å². The third-order valence-corrected chi connectivity index (χ3v) is 6.05. The molecule has 1 N–H and O–H groups in total. The molecule has 0 aliphatic carbocycles. The Hall–Kier alpha value is -0.620. The minimum Gasteiger partial charge on any atom is -0.307 e. The maximum Gasteiger partial charge on any atom is 0.211 e. The molecule has 0 bridgehead atoms. The first-order valence-corrected chi connectivity index (χ1v) is 10.0. The summed E-state index contributed by atoms with van der Waals surface area (Å²) in [5.41, 5.74) is 1.20. The van der Waals surface area contributed by atoms with E-state index in [0.29, 0.717) is 25.0 Å². The zero-order chi connectivity index (χ0) is 16.3. The molecule has 4 nitrogen and oxygen atoms in total. The number of benzene rings is 1. The van der Waals surface area contributed by atoms with Gasteiger partial charge in [-0.3, -0.25) is 0 Å². The van der Waals surface area contributed by atoms with Crippen LogP contribution in [0.1, 0.15) is 38.3 Å². The zero-order valence-corrected chi connectivity index (χ0v) is 15.0. The third-order valence-electron chi connectivity index (χ3n) is 4.52. The molecule has 0 unspecified atom stereocenters. The van der Waals surface area contributed by atoms with Crippen LogP contribution < -0.4 is 5.32 Å². The van der Waals surface area contributed by atoms with E-state index in [-0.39, 0.29) is 6.04 Å². The molecule has 1 aromatic rings. The van der Waals surface area contributed by atoms with Gasteiger partial charge in [0.15, 0.2) is 0 Å². The molecule has 1 aliphatic rings. The summed E-state index contributed by atoms with van der Waals surface area (Å²) in [6.45, 7) is 5.47. The minimum atomic E-state index is -3.09. The number of hydrogen-bond acceptors (Lipinski definition) is 3. The van der Waals surface area contributed by atoms with Gasteiger partial charge in [-0.2, -0.15) is 0 Å². The molecule has 0 amide bonds. The maximum absolute atomic E-state index is 11.7. The van der Waals surface area contributed by atoms with E-state index in [1.54, 1.807) is 4.31 Å². The van der Waals surface area contributed by atoms with E-state index in [1.165, 1.54) is 11.8 Å². The van der Waals surface area contributed by atoms with Crippen molar-refractivity contribution in [3.63, 3.8) is 0 Å². The van der Waals surface area contributed by atoms with Gasteiger partial charge < -0.3 is 5.32 Å². The van der Waals surface area contributed by atoms with Crippen LogP contribution in [0.15, 0.2) is 24.3 Å². The molecule has 1 fully saturated rings. The second-order valence-corrected chi connectivity index (χ2v) is 8.54.